The van der Waals surface area contributed by atoms with Crippen LogP contribution in [0.3, 0.4) is 0 Å². The van der Waals surface area contributed by atoms with Crippen molar-refractivity contribution in [1.29, 1.82) is 0 Å². The van der Waals surface area contributed by atoms with Crippen LogP contribution in [0.2, 0.25) is 5.02 Å². The van der Waals surface area contributed by atoms with Crippen LogP contribution in [0.1, 0.15) is 0 Å². The third-order valence-electron chi connectivity index (χ3n) is 3.49. The third kappa shape index (κ3) is 2.74. The third-order valence-corrected chi connectivity index (χ3v) is 3.73. The van der Waals surface area contributed by atoms with Crippen molar-refractivity contribution in [3.8, 4) is 11.3 Å². The van der Waals surface area contributed by atoms with Crippen molar-refractivity contribution >= 4 is 34.0 Å². The smallest absolute Gasteiger partial charge is 0.160 e. The van der Waals surface area contributed by atoms with Gasteiger partial charge in [-0.05, 0) is 36.4 Å². The molecule has 0 atom stereocenters. The monoisotopic (exact) mass is 321 g/mol. The zero-order valence-electron chi connectivity index (χ0n) is 12.0. The number of pyridine rings is 2. The number of anilines is 2. The van der Waals surface area contributed by atoms with Crippen molar-refractivity contribution in [2.24, 2.45) is 0 Å². The Morgan fingerprint density at radius 1 is 1.04 bits per heavy atom. The van der Waals surface area contributed by atoms with Crippen LogP contribution < -0.4 is 5.32 Å². The van der Waals surface area contributed by atoms with E-state index in [2.05, 4.69) is 25.5 Å². The van der Waals surface area contributed by atoms with E-state index in [1.54, 1.807) is 18.6 Å². The van der Waals surface area contributed by atoms with Gasteiger partial charge in [-0.1, -0.05) is 17.7 Å². The van der Waals surface area contributed by atoms with Gasteiger partial charge in [-0.3, -0.25) is 15.1 Å². The van der Waals surface area contributed by atoms with E-state index in [4.69, 9.17) is 11.6 Å². The number of fused-ring (bicyclic) bond motifs is 1. The summed E-state index contributed by atoms with van der Waals surface area (Å²) in [5.74, 6) is 0.731. The molecular formula is C17H12ClN5. The van der Waals surface area contributed by atoms with Crippen molar-refractivity contribution in [2.45, 2.75) is 0 Å². The lowest BCUT2D eigenvalue weighted by atomic mass is 10.1. The summed E-state index contributed by atoms with van der Waals surface area (Å²) < 4.78 is 0. The van der Waals surface area contributed by atoms with Crippen LogP contribution >= 0.6 is 11.6 Å². The molecule has 3 heterocycles. The summed E-state index contributed by atoms with van der Waals surface area (Å²) in [4.78, 5) is 8.59. The molecule has 6 heteroatoms. The van der Waals surface area contributed by atoms with Crippen LogP contribution in [-0.4, -0.2) is 20.2 Å². The number of nitrogens with one attached hydrogen (secondary N) is 2. The predicted octanol–water partition coefficient (Wildman–Crippen LogP) is 4.42. The second-order valence-corrected chi connectivity index (χ2v) is 5.50. The summed E-state index contributed by atoms with van der Waals surface area (Å²) in [6, 6.07) is 13.4. The second-order valence-electron chi connectivity index (χ2n) is 5.06. The second kappa shape index (κ2) is 5.70. The predicted molar refractivity (Wildman–Crippen MR) is 91.9 cm³/mol. The van der Waals surface area contributed by atoms with Gasteiger partial charge in [0.05, 0.1) is 17.4 Å². The molecule has 112 valence electrons. The average molecular weight is 322 g/mol. The summed E-state index contributed by atoms with van der Waals surface area (Å²) in [5, 5.41) is 12.2. The Bertz CT molecular complexity index is 965. The molecule has 0 amide bonds. The summed E-state index contributed by atoms with van der Waals surface area (Å²) in [6.07, 6.45) is 5.30. The van der Waals surface area contributed by atoms with Gasteiger partial charge in [-0.25, -0.2) is 0 Å². The minimum absolute atomic E-state index is 0.674. The zero-order chi connectivity index (χ0) is 15.6. The number of hydrogen-bond acceptors (Lipinski definition) is 4. The quantitative estimate of drug-likeness (QED) is 0.586. The van der Waals surface area contributed by atoms with E-state index in [-0.39, 0.29) is 0 Å². The van der Waals surface area contributed by atoms with Crippen molar-refractivity contribution < 1.29 is 0 Å². The van der Waals surface area contributed by atoms with Gasteiger partial charge in [0, 0.05) is 34.1 Å². The number of benzene rings is 1. The molecule has 0 radical (unpaired) electrons. The highest BCUT2D eigenvalue weighted by Gasteiger charge is 2.09. The highest BCUT2D eigenvalue weighted by atomic mass is 35.5. The van der Waals surface area contributed by atoms with E-state index in [0.717, 1.165) is 33.7 Å². The largest absolute Gasteiger partial charge is 0.338 e. The molecular weight excluding hydrogens is 310 g/mol. The van der Waals surface area contributed by atoms with Gasteiger partial charge in [0.2, 0.25) is 0 Å². The molecule has 3 aromatic heterocycles. The molecule has 0 aliphatic carbocycles. The maximum Gasteiger partial charge on any atom is 0.160 e. The molecule has 0 saturated heterocycles. The van der Waals surface area contributed by atoms with E-state index in [1.165, 1.54) is 0 Å². The lowest BCUT2D eigenvalue weighted by Crippen LogP contribution is -1.91. The number of aromatic nitrogens is 4. The van der Waals surface area contributed by atoms with Crippen LogP contribution in [0.25, 0.3) is 22.2 Å². The molecule has 4 rings (SSSR count). The lowest BCUT2D eigenvalue weighted by Gasteiger charge is -2.05. The SMILES string of the molecule is Clc1cccc(Nc2n[nH]c3cnc(-c4cccnc4)cc23)c1. The molecule has 2 N–H and O–H groups in total. The Balaban J connectivity index is 1.76. The van der Waals surface area contributed by atoms with Crippen molar-refractivity contribution in [3.63, 3.8) is 0 Å². The van der Waals surface area contributed by atoms with Crippen molar-refractivity contribution in [3.05, 3.63) is 66.1 Å². The first-order chi connectivity index (χ1) is 11.3. The number of H-pyrrole nitrogens is 1. The number of nitrogens with zero attached hydrogens (tertiary/aromatic N) is 3. The molecule has 4 aromatic rings. The summed E-state index contributed by atoms with van der Waals surface area (Å²) in [5.41, 5.74) is 3.55. The van der Waals surface area contributed by atoms with Crippen LogP contribution in [0.15, 0.2) is 61.1 Å². The molecule has 5 nitrogen and oxygen atoms in total. The first-order valence-corrected chi connectivity index (χ1v) is 7.44. The summed E-state index contributed by atoms with van der Waals surface area (Å²) >= 11 is 6.02. The molecule has 0 spiro atoms. The van der Waals surface area contributed by atoms with E-state index in [1.807, 2.05) is 42.5 Å². The lowest BCUT2D eigenvalue weighted by molar-refractivity contribution is 1.12. The van der Waals surface area contributed by atoms with Gasteiger partial charge in [-0.2, -0.15) is 5.10 Å². The summed E-state index contributed by atoms with van der Waals surface area (Å²) in [7, 11) is 0. The van der Waals surface area contributed by atoms with Crippen molar-refractivity contribution in [1.82, 2.24) is 20.2 Å². The Hall–Kier alpha value is -2.92. The first-order valence-electron chi connectivity index (χ1n) is 7.07. The van der Waals surface area contributed by atoms with E-state index in [9.17, 15) is 0 Å². The van der Waals surface area contributed by atoms with Crippen LogP contribution in [0, 0.1) is 0 Å². The average Bonchev–Trinajstić information content (AvgIpc) is 2.98. The number of aromatic amines is 1. The standard InChI is InChI=1S/C17H12ClN5/c18-12-4-1-5-13(7-12)21-17-14-8-15(11-3-2-6-19-9-11)20-10-16(14)22-23-17/h1-10H,(H2,21,22,23). The van der Waals surface area contributed by atoms with E-state index >= 15 is 0 Å². The van der Waals surface area contributed by atoms with E-state index in [0.29, 0.717) is 5.02 Å². The van der Waals surface area contributed by atoms with Gasteiger partial charge in [0.25, 0.3) is 0 Å². The molecule has 23 heavy (non-hydrogen) atoms. The first kappa shape index (κ1) is 13.7. The van der Waals surface area contributed by atoms with Gasteiger partial charge in [-0.15, -0.1) is 0 Å². The molecule has 0 bridgehead atoms. The molecule has 0 saturated carbocycles. The van der Waals surface area contributed by atoms with Crippen LogP contribution in [0.5, 0.6) is 0 Å². The number of hydrogen-bond donors (Lipinski definition) is 2. The maximum absolute atomic E-state index is 6.02. The van der Waals surface area contributed by atoms with Gasteiger partial charge in [0.1, 0.15) is 0 Å². The van der Waals surface area contributed by atoms with Gasteiger partial charge < -0.3 is 5.32 Å². The topological polar surface area (TPSA) is 66.5 Å². The summed E-state index contributed by atoms with van der Waals surface area (Å²) in [6.45, 7) is 0. The Labute approximate surface area is 137 Å². The number of halogens is 1. The fourth-order valence-corrected chi connectivity index (χ4v) is 2.58. The minimum atomic E-state index is 0.674. The van der Waals surface area contributed by atoms with Crippen LogP contribution in [0.4, 0.5) is 11.5 Å². The fourth-order valence-electron chi connectivity index (χ4n) is 2.39. The Kier molecular flexibility index (Phi) is 3.40. The molecule has 0 unspecified atom stereocenters. The number of rotatable bonds is 3. The van der Waals surface area contributed by atoms with Crippen molar-refractivity contribution in [2.75, 3.05) is 5.32 Å². The van der Waals surface area contributed by atoms with E-state index < -0.39 is 0 Å². The minimum Gasteiger partial charge on any atom is -0.338 e. The zero-order valence-corrected chi connectivity index (χ0v) is 12.7. The molecule has 1 aromatic carbocycles. The normalized spacial score (nSPS) is 10.8. The van der Waals surface area contributed by atoms with Gasteiger partial charge >= 0.3 is 0 Å². The highest BCUT2D eigenvalue weighted by molar-refractivity contribution is 6.30. The Morgan fingerprint density at radius 2 is 2.00 bits per heavy atom. The fraction of sp³-hybridized carbons (Fsp3) is 0. The molecule has 0 fully saturated rings. The molecule has 0 aliphatic rings. The van der Waals surface area contributed by atoms with Crippen LogP contribution in [-0.2, 0) is 0 Å². The maximum atomic E-state index is 6.02. The van der Waals surface area contributed by atoms with Gasteiger partial charge in [0.15, 0.2) is 5.82 Å². The Morgan fingerprint density at radius 3 is 2.83 bits per heavy atom. The highest BCUT2D eigenvalue weighted by Crippen LogP contribution is 2.27. The molecule has 0 aliphatic heterocycles.